The van der Waals surface area contributed by atoms with Crippen LogP contribution in [-0.2, 0) is 25.6 Å². The van der Waals surface area contributed by atoms with Gasteiger partial charge in [-0.1, -0.05) is 30.3 Å². The van der Waals surface area contributed by atoms with Crippen molar-refractivity contribution in [3.8, 4) is 0 Å². The van der Waals surface area contributed by atoms with Crippen molar-refractivity contribution in [3.63, 3.8) is 0 Å². The van der Waals surface area contributed by atoms with E-state index in [9.17, 15) is 9.59 Å². The molecule has 0 radical (unpaired) electrons. The minimum Gasteiger partial charge on any atom is -0.365 e. The number of nitrogens with one attached hydrogen (secondary N) is 1. The summed E-state index contributed by atoms with van der Waals surface area (Å²) in [5.74, 6) is -0.138. The molecule has 1 atom stereocenters. The van der Waals surface area contributed by atoms with Gasteiger partial charge in [-0.3, -0.25) is 4.79 Å². The van der Waals surface area contributed by atoms with Gasteiger partial charge in [0.2, 0.25) is 6.10 Å². The average Bonchev–Trinajstić information content (AvgIpc) is 2.84. The van der Waals surface area contributed by atoms with E-state index in [2.05, 4.69) is 45.7 Å². The van der Waals surface area contributed by atoms with Gasteiger partial charge in [0.15, 0.2) is 5.78 Å². The second-order valence-electron chi connectivity index (χ2n) is 9.46. The highest BCUT2D eigenvalue weighted by Gasteiger charge is 2.33. The van der Waals surface area contributed by atoms with Crippen molar-refractivity contribution in [3.05, 3.63) is 35.9 Å². The molecule has 3 heterocycles. The van der Waals surface area contributed by atoms with Gasteiger partial charge >= 0.3 is 5.97 Å². The Hall–Kier alpha value is -1.84. The molecule has 0 spiro atoms. The zero-order valence-electron chi connectivity index (χ0n) is 19.8. The van der Waals surface area contributed by atoms with Crippen molar-refractivity contribution in [1.82, 2.24) is 20.4 Å². The number of hydroxylamine groups is 2. The number of benzene rings is 1. The number of ether oxygens (including phenoxy) is 1. The van der Waals surface area contributed by atoms with E-state index in [0.717, 1.165) is 64.4 Å². The molecule has 33 heavy (non-hydrogen) atoms. The van der Waals surface area contributed by atoms with E-state index in [0.29, 0.717) is 13.1 Å². The van der Waals surface area contributed by atoms with Crippen LogP contribution in [0.5, 0.6) is 0 Å². The SMILES string of the molecule is CC(=O)C(OC1CCNCC1)C(=O)ON1CCN(N2CCC(Cc3ccccc3)CC2)CC1. The first kappa shape index (κ1) is 24.3. The van der Waals surface area contributed by atoms with Crippen molar-refractivity contribution >= 4 is 11.8 Å². The number of piperazine rings is 1. The van der Waals surface area contributed by atoms with Crippen LogP contribution in [0, 0.1) is 5.92 Å². The maximum Gasteiger partial charge on any atom is 0.361 e. The molecule has 3 aliphatic heterocycles. The Bertz CT molecular complexity index is 755. The largest absolute Gasteiger partial charge is 0.365 e. The minimum absolute atomic E-state index is 0.0747. The third-order valence-electron chi connectivity index (χ3n) is 6.99. The highest BCUT2D eigenvalue weighted by Crippen LogP contribution is 2.23. The van der Waals surface area contributed by atoms with Crippen LogP contribution in [0.1, 0.15) is 38.2 Å². The lowest BCUT2D eigenvalue weighted by Gasteiger charge is -2.43. The van der Waals surface area contributed by atoms with Crippen LogP contribution in [0.25, 0.3) is 0 Å². The van der Waals surface area contributed by atoms with Crippen LogP contribution in [0.15, 0.2) is 30.3 Å². The standard InChI is InChI=1S/C25H38N4O4/c1-20(30)24(32-23-7-11-26-12-8-23)25(31)33-29-17-15-28(16-18-29)27-13-9-22(10-14-27)19-21-5-3-2-4-6-21/h2-6,22-24,26H,7-19H2,1H3. The Labute approximate surface area is 197 Å². The lowest BCUT2D eigenvalue weighted by molar-refractivity contribution is -0.220. The molecular weight excluding hydrogens is 420 g/mol. The van der Waals surface area contributed by atoms with Crippen LogP contribution >= 0.6 is 0 Å². The molecule has 1 aromatic carbocycles. The quantitative estimate of drug-likeness (QED) is 0.590. The Morgan fingerprint density at radius 1 is 0.939 bits per heavy atom. The summed E-state index contributed by atoms with van der Waals surface area (Å²) in [4.78, 5) is 30.2. The number of ketones is 1. The normalized spacial score (nSPS) is 23.3. The highest BCUT2D eigenvalue weighted by atomic mass is 16.7. The molecule has 8 heteroatoms. The van der Waals surface area contributed by atoms with E-state index >= 15 is 0 Å². The first-order valence-corrected chi connectivity index (χ1v) is 12.5. The summed E-state index contributed by atoms with van der Waals surface area (Å²) in [5, 5.41) is 9.79. The van der Waals surface area contributed by atoms with E-state index in [-0.39, 0.29) is 11.9 Å². The van der Waals surface area contributed by atoms with E-state index in [1.807, 2.05) is 0 Å². The summed E-state index contributed by atoms with van der Waals surface area (Å²) in [6, 6.07) is 10.8. The van der Waals surface area contributed by atoms with Gasteiger partial charge in [0.05, 0.1) is 6.10 Å². The number of carbonyl (C=O) groups is 2. The second kappa shape index (κ2) is 12.0. The predicted molar refractivity (Wildman–Crippen MR) is 125 cm³/mol. The number of hydrazine groups is 1. The Morgan fingerprint density at radius 2 is 1.58 bits per heavy atom. The summed E-state index contributed by atoms with van der Waals surface area (Å²) in [6.07, 6.45) is 3.98. The number of hydrogen-bond donors (Lipinski definition) is 1. The maximum absolute atomic E-state index is 12.6. The van der Waals surface area contributed by atoms with Gasteiger partial charge in [-0.05, 0) is 63.6 Å². The molecule has 4 rings (SSSR count). The number of piperidine rings is 2. The van der Waals surface area contributed by atoms with Gasteiger partial charge in [-0.25, -0.2) is 14.8 Å². The van der Waals surface area contributed by atoms with Crippen LogP contribution in [-0.4, -0.2) is 91.4 Å². The molecule has 0 amide bonds. The summed E-state index contributed by atoms with van der Waals surface area (Å²) in [5.41, 5.74) is 1.43. The summed E-state index contributed by atoms with van der Waals surface area (Å²) >= 11 is 0. The molecule has 3 saturated heterocycles. The van der Waals surface area contributed by atoms with E-state index < -0.39 is 12.1 Å². The Kier molecular flexibility index (Phi) is 8.86. The van der Waals surface area contributed by atoms with E-state index in [1.54, 1.807) is 5.06 Å². The third kappa shape index (κ3) is 7.07. The maximum atomic E-state index is 12.6. The van der Waals surface area contributed by atoms with Crippen LogP contribution in [0.3, 0.4) is 0 Å². The monoisotopic (exact) mass is 458 g/mol. The van der Waals surface area contributed by atoms with Crippen molar-refractivity contribution in [2.45, 2.75) is 51.2 Å². The summed E-state index contributed by atoms with van der Waals surface area (Å²) in [7, 11) is 0. The van der Waals surface area contributed by atoms with Gasteiger partial charge in [-0.15, -0.1) is 5.06 Å². The van der Waals surface area contributed by atoms with Crippen molar-refractivity contribution in [2.24, 2.45) is 5.92 Å². The molecule has 0 aliphatic carbocycles. The molecule has 3 fully saturated rings. The molecule has 0 saturated carbocycles. The minimum atomic E-state index is -1.13. The first-order chi connectivity index (χ1) is 16.1. The van der Waals surface area contributed by atoms with Crippen LogP contribution < -0.4 is 5.32 Å². The zero-order chi connectivity index (χ0) is 23.0. The topological polar surface area (TPSA) is 74.3 Å². The fourth-order valence-corrected chi connectivity index (χ4v) is 5.02. The number of Topliss-reactive ketones (excluding diaryl/α,β-unsaturated/α-hetero) is 1. The van der Waals surface area contributed by atoms with Crippen molar-refractivity contribution in [1.29, 1.82) is 0 Å². The van der Waals surface area contributed by atoms with Gasteiger partial charge in [-0.2, -0.15) is 0 Å². The average molecular weight is 459 g/mol. The number of carbonyl (C=O) groups excluding carboxylic acids is 2. The molecule has 1 aromatic rings. The van der Waals surface area contributed by atoms with Gasteiger partial charge in [0, 0.05) is 39.3 Å². The van der Waals surface area contributed by atoms with Gasteiger partial charge < -0.3 is 14.9 Å². The molecule has 3 aliphatic rings. The van der Waals surface area contributed by atoms with Crippen LogP contribution in [0.2, 0.25) is 0 Å². The molecular formula is C25H38N4O4. The van der Waals surface area contributed by atoms with Crippen molar-refractivity contribution in [2.75, 3.05) is 52.4 Å². The van der Waals surface area contributed by atoms with E-state index in [1.165, 1.54) is 25.3 Å². The smallest absolute Gasteiger partial charge is 0.361 e. The number of rotatable bonds is 8. The summed E-state index contributed by atoms with van der Waals surface area (Å²) < 4.78 is 5.82. The highest BCUT2D eigenvalue weighted by molar-refractivity contribution is 6.00. The predicted octanol–water partition coefficient (Wildman–Crippen LogP) is 1.66. The lowest BCUT2D eigenvalue weighted by atomic mass is 9.91. The Morgan fingerprint density at radius 3 is 2.21 bits per heavy atom. The first-order valence-electron chi connectivity index (χ1n) is 12.5. The van der Waals surface area contributed by atoms with Crippen molar-refractivity contribution < 1.29 is 19.2 Å². The molecule has 1 N–H and O–H groups in total. The lowest BCUT2D eigenvalue weighted by Crippen LogP contribution is -2.56. The Balaban J connectivity index is 1.18. The second-order valence-corrected chi connectivity index (χ2v) is 9.46. The molecule has 0 bridgehead atoms. The van der Waals surface area contributed by atoms with E-state index in [4.69, 9.17) is 9.57 Å². The summed E-state index contributed by atoms with van der Waals surface area (Å²) in [6.45, 7) is 8.13. The van der Waals surface area contributed by atoms with Crippen LogP contribution in [0.4, 0.5) is 0 Å². The number of nitrogens with zero attached hydrogens (tertiary/aromatic N) is 3. The fourth-order valence-electron chi connectivity index (χ4n) is 5.02. The molecule has 1 unspecified atom stereocenters. The third-order valence-corrected chi connectivity index (χ3v) is 6.99. The molecule has 182 valence electrons. The van der Waals surface area contributed by atoms with Gasteiger partial charge in [0.25, 0.3) is 0 Å². The molecule has 0 aromatic heterocycles. The zero-order valence-corrected chi connectivity index (χ0v) is 19.8. The molecule has 8 nitrogen and oxygen atoms in total. The van der Waals surface area contributed by atoms with Gasteiger partial charge in [0.1, 0.15) is 0 Å². The fraction of sp³-hybridized carbons (Fsp3) is 0.680. The number of hydrogen-bond acceptors (Lipinski definition) is 8.